The van der Waals surface area contributed by atoms with E-state index in [-0.39, 0.29) is 0 Å². The molecule has 7 heteroatoms. The average Bonchev–Trinajstić information content (AvgIpc) is 2.99. The SMILES string of the molecule is CN=C(NCc1ccc(C)s1)NCc1nncn1C. The highest BCUT2D eigenvalue weighted by atomic mass is 32.1. The Balaban J connectivity index is 1.82. The third-order valence-corrected chi connectivity index (χ3v) is 3.67. The lowest BCUT2D eigenvalue weighted by Crippen LogP contribution is -2.36. The second kappa shape index (κ2) is 6.33. The zero-order valence-corrected chi connectivity index (χ0v) is 12.2. The van der Waals surface area contributed by atoms with Gasteiger partial charge in [0.15, 0.2) is 11.8 Å². The summed E-state index contributed by atoms with van der Waals surface area (Å²) < 4.78 is 1.88. The molecule has 0 saturated carbocycles. The molecule has 0 spiro atoms. The molecule has 0 fully saturated rings. The molecule has 0 saturated heterocycles. The predicted octanol–water partition coefficient (Wildman–Crippen LogP) is 1.05. The maximum absolute atomic E-state index is 4.18. The quantitative estimate of drug-likeness (QED) is 0.648. The number of hydrogen-bond acceptors (Lipinski definition) is 4. The van der Waals surface area contributed by atoms with Crippen LogP contribution in [0.2, 0.25) is 0 Å². The Hall–Kier alpha value is -1.89. The van der Waals surface area contributed by atoms with Gasteiger partial charge in [0.25, 0.3) is 0 Å². The van der Waals surface area contributed by atoms with Gasteiger partial charge in [0.05, 0.1) is 13.1 Å². The van der Waals surface area contributed by atoms with Crippen molar-refractivity contribution in [1.82, 2.24) is 25.4 Å². The summed E-state index contributed by atoms with van der Waals surface area (Å²) in [5.41, 5.74) is 0. The Morgan fingerprint density at radius 3 is 2.74 bits per heavy atom. The molecule has 2 rings (SSSR count). The number of nitrogens with zero attached hydrogens (tertiary/aromatic N) is 4. The largest absolute Gasteiger partial charge is 0.352 e. The third kappa shape index (κ3) is 3.78. The van der Waals surface area contributed by atoms with Crippen molar-refractivity contribution in [1.29, 1.82) is 0 Å². The molecule has 2 heterocycles. The normalized spacial score (nSPS) is 11.6. The zero-order chi connectivity index (χ0) is 13.7. The van der Waals surface area contributed by atoms with Gasteiger partial charge >= 0.3 is 0 Å². The highest BCUT2D eigenvalue weighted by Crippen LogP contribution is 2.14. The van der Waals surface area contributed by atoms with Gasteiger partial charge in [-0.2, -0.15) is 0 Å². The molecule has 0 aliphatic heterocycles. The van der Waals surface area contributed by atoms with E-state index in [0.29, 0.717) is 6.54 Å². The molecule has 0 aliphatic rings. The Bertz CT molecular complexity index is 556. The molecule has 2 aromatic rings. The minimum atomic E-state index is 0.597. The Kier molecular flexibility index (Phi) is 4.51. The first-order valence-corrected chi connectivity index (χ1v) is 6.83. The lowest BCUT2D eigenvalue weighted by molar-refractivity contribution is 0.727. The van der Waals surface area contributed by atoms with E-state index < -0.39 is 0 Å². The lowest BCUT2D eigenvalue weighted by Gasteiger charge is -2.10. The first kappa shape index (κ1) is 13.5. The summed E-state index contributed by atoms with van der Waals surface area (Å²) in [5, 5.41) is 14.3. The van der Waals surface area contributed by atoms with Crippen molar-refractivity contribution in [2.24, 2.45) is 12.0 Å². The van der Waals surface area contributed by atoms with Crippen molar-refractivity contribution in [3.63, 3.8) is 0 Å². The highest BCUT2D eigenvalue weighted by molar-refractivity contribution is 7.11. The van der Waals surface area contributed by atoms with Crippen LogP contribution in [-0.2, 0) is 20.1 Å². The van der Waals surface area contributed by atoms with Gasteiger partial charge in [-0.25, -0.2) is 0 Å². The molecule has 0 bridgehead atoms. The van der Waals surface area contributed by atoms with E-state index in [1.807, 2.05) is 11.6 Å². The maximum atomic E-state index is 4.18. The second-order valence-electron chi connectivity index (χ2n) is 4.15. The van der Waals surface area contributed by atoms with E-state index in [4.69, 9.17) is 0 Å². The number of thiophene rings is 1. The fraction of sp³-hybridized carbons (Fsp3) is 0.417. The van der Waals surface area contributed by atoms with Crippen LogP contribution in [0.3, 0.4) is 0 Å². The van der Waals surface area contributed by atoms with Crippen LogP contribution in [0, 0.1) is 6.92 Å². The molecule has 0 unspecified atom stereocenters. The number of aromatic nitrogens is 3. The minimum Gasteiger partial charge on any atom is -0.352 e. The maximum Gasteiger partial charge on any atom is 0.191 e. The van der Waals surface area contributed by atoms with Crippen molar-refractivity contribution in [3.05, 3.63) is 34.0 Å². The minimum absolute atomic E-state index is 0.597. The summed E-state index contributed by atoms with van der Waals surface area (Å²) in [6.45, 7) is 3.48. The van der Waals surface area contributed by atoms with Crippen LogP contribution in [0.15, 0.2) is 23.5 Å². The molecule has 0 atom stereocenters. The van der Waals surface area contributed by atoms with Crippen LogP contribution in [-0.4, -0.2) is 27.8 Å². The summed E-state index contributed by atoms with van der Waals surface area (Å²) >= 11 is 1.79. The van der Waals surface area contributed by atoms with Gasteiger partial charge in [0.2, 0.25) is 0 Å². The fourth-order valence-electron chi connectivity index (χ4n) is 1.60. The van der Waals surface area contributed by atoms with Crippen molar-refractivity contribution < 1.29 is 0 Å². The van der Waals surface area contributed by atoms with E-state index >= 15 is 0 Å². The van der Waals surface area contributed by atoms with E-state index in [9.17, 15) is 0 Å². The molecular weight excluding hydrogens is 260 g/mol. The monoisotopic (exact) mass is 278 g/mol. The third-order valence-electron chi connectivity index (χ3n) is 2.67. The average molecular weight is 278 g/mol. The number of aryl methyl sites for hydroxylation is 2. The smallest absolute Gasteiger partial charge is 0.191 e. The summed E-state index contributed by atoms with van der Waals surface area (Å²) in [6, 6.07) is 4.25. The van der Waals surface area contributed by atoms with Crippen molar-refractivity contribution >= 4 is 17.3 Å². The molecule has 2 aromatic heterocycles. The lowest BCUT2D eigenvalue weighted by atomic mass is 10.4. The van der Waals surface area contributed by atoms with Gasteiger partial charge < -0.3 is 15.2 Å². The number of nitrogens with one attached hydrogen (secondary N) is 2. The first-order valence-electron chi connectivity index (χ1n) is 6.01. The predicted molar refractivity (Wildman–Crippen MR) is 77.1 cm³/mol. The molecule has 6 nitrogen and oxygen atoms in total. The standard InChI is InChI=1S/C12H18N6S/c1-9-4-5-10(19-9)6-14-12(13-2)15-7-11-17-16-8-18(11)3/h4-5,8H,6-7H2,1-3H3,(H2,13,14,15). The summed E-state index contributed by atoms with van der Waals surface area (Å²) in [4.78, 5) is 6.79. The van der Waals surface area contributed by atoms with Crippen molar-refractivity contribution in [2.45, 2.75) is 20.0 Å². The molecule has 2 N–H and O–H groups in total. The Morgan fingerprint density at radius 1 is 1.37 bits per heavy atom. The molecule has 19 heavy (non-hydrogen) atoms. The van der Waals surface area contributed by atoms with E-state index in [2.05, 4.69) is 44.9 Å². The molecule has 0 aromatic carbocycles. The van der Waals surface area contributed by atoms with Gasteiger partial charge in [-0.15, -0.1) is 21.5 Å². The van der Waals surface area contributed by atoms with Gasteiger partial charge in [0.1, 0.15) is 6.33 Å². The summed E-state index contributed by atoms with van der Waals surface area (Å²) in [5.74, 6) is 1.63. The van der Waals surface area contributed by atoms with Crippen LogP contribution in [0.4, 0.5) is 0 Å². The molecule has 102 valence electrons. The molecular formula is C12H18N6S. The number of rotatable bonds is 4. The topological polar surface area (TPSA) is 67.1 Å². The molecule has 0 radical (unpaired) electrons. The van der Waals surface area contributed by atoms with Crippen LogP contribution < -0.4 is 10.6 Å². The van der Waals surface area contributed by atoms with Crippen LogP contribution in [0.5, 0.6) is 0 Å². The van der Waals surface area contributed by atoms with E-state index in [0.717, 1.165) is 18.3 Å². The van der Waals surface area contributed by atoms with Gasteiger partial charge in [-0.1, -0.05) is 0 Å². The second-order valence-corrected chi connectivity index (χ2v) is 5.52. The van der Waals surface area contributed by atoms with Crippen LogP contribution >= 0.6 is 11.3 Å². The van der Waals surface area contributed by atoms with Gasteiger partial charge in [-0.05, 0) is 19.1 Å². The summed E-state index contributed by atoms with van der Waals surface area (Å²) in [6.07, 6.45) is 1.68. The zero-order valence-electron chi connectivity index (χ0n) is 11.3. The molecule has 0 amide bonds. The van der Waals surface area contributed by atoms with Crippen LogP contribution in [0.25, 0.3) is 0 Å². The van der Waals surface area contributed by atoms with E-state index in [1.165, 1.54) is 9.75 Å². The van der Waals surface area contributed by atoms with Gasteiger partial charge in [0, 0.05) is 23.8 Å². The number of guanidine groups is 1. The number of aliphatic imine (C=N–C) groups is 1. The summed E-state index contributed by atoms with van der Waals surface area (Å²) in [7, 11) is 3.67. The fourth-order valence-corrected chi connectivity index (χ4v) is 2.43. The number of hydrogen-bond donors (Lipinski definition) is 2. The molecule has 0 aliphatic carbocycles. The highest BCUT2D eigenvalue weighted by Gasteiger charge is 2.03. The van der Waals surface area contributed by atoms with E-state index in [1.54, 1.807) is 24.7 Å². The van der Waals surface area contributed by atoms with Crippen molar-refractivity contribution in [2.75, 3.05) is 7.05 Å². The van der Waals surface area contributed by atoms with Crippen LogP contribution in [0.1, 0.15) is 15.6 Å². The Morgan fingerprint density at radius 2 is 2.16 bits per heavy atom. The first-order chi connectivity index (χ1) is 9.19. The van der Waals surface area contributed by atoms with Gasteiger partial charge in [-0.3, -0.25) is 4.99 Å². The Labute approximate surface area is 116 Å². The van der Waals surface area contributed by atoms with Crippen molar-refractivity contribution in [3.8, 4) is 0 Å².